The Morgan fingerprint density at radius 1 is 0.841 bits per heavy atom. The topological polar surface area (TPSA) is 166 Å². The second-order valence-corrected chi connectivity index (χ2v) is 17.3. The summed E-state index contributed by atoms with van der Waals surface area (Å²) < 4.78 is 31.3. The summed E-state index contributed by atoms with van der Waals surface area (Å²) in [6, 6.07) is 15.2. The summed E-state index contributed by atoms with van der Waals surface area (Å²) in [5.74, 6) is -3.04. The fraction of sp³-hybridized carbons (Fsp3) is 0.413. The Hall–Kier alpha value is -6.67. The van der Waals surface area contributed by atoms with Gasteiger partial charge in [0, 0.05) is 112 Å². The third-order valence-electron chi connectivity index (χ3n) is 13.3. The van der Waals surface area contributed by atoms with Gasteiger partial charge >= 0.3 is 6.03 Å². The summed E-state index contributed by atoms with van der Waals surface area (Å²) in [4.78, 5) is 79.8. The molecular formula is C46H48F2N10O5. The average Bonchev–Trinajstić information content (AvgIpc) is 3.53. The molecule has 1 aromatic heterocycles. The van der Waals surface area contributed by atoms with Crippen LogP contribution in [0.2, 0.25) is 0 Å². The maximum Gasteiger partial charge on any atom is 0.322 e. The van der Waals surface area contributed by atoms with Crippen molar-refractivity contribution in [1.29, 1.82) is 5.26 Å². The summed E-state index contributed by atoms with van der Waals surface area (Å²) in [5.41, 5.74) is 3.32. The number of carbonyl (C=O) groups is 5. The molecule has 15 nitrogen and oxygen atoms in total. The number of urea groups is 1. The van der Waals surface area contributed by atoms with Gasteiger partial charge < -0.3 is 24.9 Å². The van der Waals surface area contributed by atoms with Crippen molar-refractivity contribution in [1.82, 2.24) is 25.0 Å². The van der Waals surface area contributed by atoms with Crippen LogP contribution in [0.15, 0.2) is 60.8 Å². The van der Waals surface area contributed by atoms with Gasteiger partial charge in [0.25, 0.3) is 11.8 Å². The molecule has 17 heteroatoms. The zero-order chi connectivity index (χ0) is 44.1. The van der Waals surface area contributed by atoms with Gasteiger partial charge in [0.2, 0.25) is 11.8 Å². The molecule has 0 aliphatic carbocycles. The monoisotopic (exact) mass is 858 g/mol. The van der Waals surface area contributed by atoms with Crippen molar-refractivity contribution >= 4 is 63.3 Å². The largest absolute Gasteiger partial charge is 0.369 e. The number of pyridine rings is 1. The smallest absolute Gasteiger partial charge is 0.322 e. The van der Waals surface area contributed by atoms with Crippen molar-refractivity contribution in [2.75, 3.05) is 78.9 Å². The number of anilines is 4. The van der Waals surface area contributed by atoms with Gasteiger partial charge in [-0.3, -0.25) is 39.3 Å². The van der Waals surface area contributed by atoms with E-state index in [0.717, 1.165) is 60.2 Å². The number of imide groups is 2. The van der Waals surface area contributed by atoms with Gasteiger partial charge in [0.1, 0.15) is 23.7 Å². The summed E-state index contributed by atoms with van der Waals surface area (Å²) in [6.45, 7) is 9.76. The molecule has 4 saturated heterocycles. The third kappa shape index (κ3) is 7.88. The first-order valence-electron chi connectivity index (χ1n) is 21.6. The molecule has 0 bridgehead atoms. The zero-order valence-electron chi connectivity index (χ0n) is 35.2. The number of piperidine rings is 2. The molecule has 326 valence electrons. The zero-order valence-corrected chi connectivity index (χ0v) is 35.2. The van der Waals surface area contributed by atoms with Crippen LogP contribution in [0.4, 0.5) is 36.3 Å². The summed E-state index contributed by atoms with van der Waals surface area (Å²) in [6.07, 6.45) is 3.44. The number of halogens is 2. The van der Waals surface area contributed by atoms with Gasteiger partial charge in [-0.2, -0.15) is 5.26 Å². The number of benzene rings is 3. The normalized spacial score (nSPS) is 22.4. The first-order valence-corrected chi connectivity index (χ1v) is 21.6. The van der Waals surface area contributed by atoms with Crippen LogP contribution in [-0.4, -0.2) is 126 Å². The van der Waals surface area contributed by atoms with E-state index in [1.807, 2.05) is 43.0 Å². The summed E-state index contributed by atoms with van der Waals surface area (Å²) in [5, 5.41) is 15.3. The van der Waals surface area contributed by atoms with Gasteiger partial charge in [-0.25, -0.2) is 13.6 Å². The molecule has 3 aromatic carbocycles. The number of nitrogens with one attached hydrogen (secondary N) is 2. The molecule has 0 saturated carbocycles. The predicted molar refractivity (Wildman–Crippen MR) is 232 cm³/mol. The van der Waals surface area contributed by atoms with Gasteiger partial charge in [-0.05, 0) is 81.5 Å². The van der Waals surface area contributed by atoms with E-state index in [1.165, 1.54) is 6.07 Å². The second kappa shape index (κ2) is 16.9. The van der Waals surface area contributed by atoms with Crippen LogP contribution >= 0.6 is 0 Å². The molecule has 2 N–H and O–H groups in total. The van der Waals surface area contributed by atoms with E-state index < -0.39 is 47.3 Å². The van der Waals surface area contributed by atoms with Crippen molar-refractivity contribution in [2.45, 2.75) is 57.7 Å². The number of nitriles is 1. The summed E-state index contributed by atoms with van der Waals surface area (Å²) in [7, 11) is 0. The van der Waals surface area contributed by atoms with E-state index in [-0.39, 0.29) is 47.4 Å². The first-order chi connectivity index (χ1) is 30.4. The Bertz CT molecular complexity index is 2570. The minimum Gasteiger partial charge on any atom is -0.369 e. The molecule has 4 aromatic rings. The Kier molecular flexibility index (Phi) is 11.2. The van der Waals surface area contributed by atoms with Crippen molar-refractivity contribution in [2.24, 2.45) is 5.92 Å². The highest BCUT2D eigenvalue weighted by molar-refractivity contribution is 6.23. The maximum atomic E-state index is 15.7. The predicted octanol–water partition coefficient (Wildman–Crippen LogP) is 4.96. The standard InChI is InChI=1S/C46H48F2N10O5/c1-27-25-57(28(2)24-56(27)38-8-5-30(23-49)42-33(38)4-3-13-50-42)46(63)51-37-21-36(48)40(22-35(37)47)55-14-11-29(12-15-55)26-53-16-18-54(19-17-53)31-6-7-32-34(20-31)45(62)58(44(32)61)39-9-10-41(59)52-43(39)60/h3-8,13,20-22,27-29,39H,9-12,14-19,24-26H2,1-2H3,(H,51,63)(H,52,59,60)/t27-,28+,39?/m0/s1. The van der Waals surface area contributed by atoms with Gasteiger partial charge in [0.15, 0.2) is 0 Å². The number of hydrogen-bond acceptors (Lipinski definition) is 11. The maximum absolute atomic E-state index is 15.7. The highest BCUT2D eigenvalue weighted by Crippen LogP contribution is 2.35. The lowest BCUT2D eigenvalue weighted by atomic mass is 9.95. The molecule has 4 fully saturated rings. The molecule has 6 amide bonds. The van der Waals surface area contributed by atoms with Crippen molar-refractivity contribution < 1.29 is 32.8 Å². The van der Waals surface area contributed by atoms with Gasteiger partial charge in [0.05, 0.1) is 33.6 Å². The first kappa shape index (κ1) is 41.7. The number of amides is 6. The van der Waals surface area contributed by atoms with Crippen LogP contribution < -0.4 is 25.3 Å². The Labute approximate surface area is 363 Å². The molecule has 0 radical (unpaired) electrons. The van der Waals surface area contributed by atoms with Crippen LogP contribution in [0, 0.1) is 28.9 Å². The number of aromatic nitrogens is 1. The molecule has 9 rings (SSSR count). The van der Waals surface area contributed by atoms with Gasteiger partial charge in [-0.15, -0.1) is 0 Å². The number of rotatable bonds is 7. The van der Waals surface area contributed by atoms with E-state index in [4.69, 9.17) is 0 Å². The molecule has 3 atom stereocenters. The SMILES string of the molecule is C[C@@H]1CN(c2ccc(C#N)c3ncccc23)[C@@H](C)CN1C(=O)Nc1cc(F)c(N2CCC(CN3CCN(c4ccc5c(c4)C(=O)N(C4CCC(=O)NC4=O)C5=O)CC3)CC2)cc1F. The second-order valence-electron chi connectivity index (χ2n) is 17.3. The van der Waals surface area contributed by atoms with E-state index >= 15 is 8.78 Å². The van der Waals surface area contributed by atoms with Crippen LogP contribution in [-0.2, 0) is 9.59 Å². The van der Waals surface area contributed by atoms with Crippen LogP contribution in [0.1, 0.15) is 65.8 Å². The highest BCUT2D eigenvalue weighted by atomic mass is 19.1. The fourth-order valence-electron chi connectivity index (χ4n) is 9.87. The van der Waals surface area contributed by atoms with Crippen LogP contribution in [0.5, 0.6) is 0 Å². The van der Waals surface area contributed by atoms with Gasteiger partial charge in [-0.1, -0.05) is 0 Å². The van der Waals surface area contributed by atoms with Crippen LogP contribution in [0.25, 0.3) is 10.9 Å². The Morgan fingerprint density at radius 2 is 1.60 bits per heavy atom. The Balaban J connectivity index is 0.755. The third-order valence-corrected chi connectivity index (χ3v) is 13.3. The molecule has 1 unspecified atom stereocenters. The lowest BCUT2D eigenvalue weighted by Gasteiger charge is -2.45. The minimum absolute atomic E-state index is 0.0635. The minimum atomic E-state index is -1.01. The quantitative estimate of drug-likeness (QED) is 0.242. The van der Waals surface area contributed by atoms with E-state index in [1.54, 1.807) is 29.3 Å². The fourth-order valence-corrected chi connectivity index (χ4v) is 9.87. The number of carbonyl (C=O) groups excluding carboxylic acids is 5. The number of piperazine rings is 2. The van der Waals surface area contributed by atoms with E-state index in [0.29, 0.717) is 56.3 Å². The molecule has 6 heterocycles. The van der Waals surface area contributed by atoms with Crippen molar-refractivity contribution in [3.8, 4) is 6.07 Å². The highest BCUT2D eigenvalue weighted by Gasteiger charge is 2.45. The lowest BCUT2D eigenvalue weighted by Crippen LogP contribution is -2.59. The number of nitrogens with zero attached hydrogens (tertiary/aromatic N) is 8. The van der Waals surface area contributed by atoms with Crippen molar-refractivity contribution in [3.05, 3.63) is 89.1 Å². The van der Waals surface area contributed by atoms with Crippen LogP contribution in [0.3, 0.4) is 0 Å². The molecular weight excluding hydrogens is 811 g/mol. The van der Waals surface area contributed by atoms with E-state index in [2.05, 4.69) is 36.4 Å². The molecule has 5 aliphatic rings. The number of hydrogen-bond donors (Lipinski definition) is 2. The average molecular weight is 859 g/mol. The Morgan fingerprint density at radius 3 is 2.35 bits per heavy atom. The lowest BCUT2D eigenvalue weighted by molar-refractivity contribution is -0.136. The molecule has 0 spiro atoms. The molecule has 63 heavy (non-hydrogen) atoms. The van der Waals surface area contributed by atoms with Crippen molar-refractivity contribution in [3.63, 3.8) is 0 Å². The molecule has 5 aliphatic heterocycles. The summed E-state index contributed by atoms with van der Waals surface area (Å²) >= 11 is 0. The van der Waals surface area contributed by atoms with E-state index in [9.17, 15) is 29.2 Å². The number of fused-ring (bicyclic) bond motifs is 2.